The highest BCUT2D eigenvalue weighted by Gasteiger charge is 2.29. The summed E-state index contributed by atoms with van der Waals surface area (Å²) in [5.74, 6) is 0. The maximum atomic E-state index is 5.43. The Morgan fingerprint density at radius 1 is 1.41 bits per heavy atom. The van der Waals surface area contributed by atoms with Gasteiger partial charge in [-0.25, -0.2) is 0 Å². The molecule has 1 saturated heterocycles. The third-order valence-electron chi connectivity index (χ3n) is 4.00. The van der Waals surface area contributed by atoms with Crippen LogP contribution in [0.1, 0.15) is 40.0 Å². The van der Waals surface area contributed by atoms with Crippen molar-refractivity contribution in [1.29, 1.82) is 0 Å². The van der Waals surface area contributed by atoms with E-state index < -0.39 is 0 Å². The van der Waals surface area contributed by atoms with Crippen LogP contribution in [-0.2, 0) is 4.74 Å². The van der Waals surface area contributed by atoms with Gasteiger partial charge in [0.25, 0.3) is 0 Å². The Bertz CT molecular complexity index is 210. The minimum Gasteiger partial charge on any atom is -0.380 e. The number of methoxy groups -OCH3 is 1. The molecule has 0 bridgehead atoms. The average molecular weight is 242 g/mol. The first kappa shape index (κ1) is 14.9. The van der Waals surface area contributed by atoms with E-state index in [1.807, 2.05) is 7.11 Å². The van der Waals surface area contributed by atoms with Crippen LogP contribution in [0.2, 0.25) is 0 Å². The fraction of sp³-hybridized carbons (Fsp3) is 1.00. The zero-order chi connectivity index (χ0) is 12.7. The van der Waals surface area contributed by atoms with Gasteiger partial charge in [-0.1, -0.05) is 20.8 Å². The van der Waals surface area contributed by atoms with E-state index in [1.54, 1.807) is 0 Å². The highest BCUT2D eigenvalue weighted by atomic mass is 16.5. The molecule has 1 aliphatic heterocycles. The summed E-state index contributed by atoms with van der Waals surface area (Å²) in [4.78, 5) is 2.56. The van der Waals surface area contributed by atoms with Crippen LogP contribution in [-0.4, -0.2) is 50.8 Å². The predicted molar refractivity (Wildman–Crippen MR) is 73.4 cm³/mol. The van der Waals surface area contributed by atoms with Crippen LogP contribution in [0.3, 0.4) is 0 Å². The molecule has 3 nitrogen and oxygen atoms in total. The molecule has 0 radical (unpaired) electrons. The second kappa shape index (κ2) is 7.34. The van der Waals surface area contributed by atoms with E-state index in [4.69, 9.17) is 4.74 Å². The van der Waals surface area contributed by atoms with Gasteiger partial charge in [0, 0.05) is 33.3 Å². The van der Waals surface area contributed by atoms with Crippen LogP contribution in [0.25, 0.3) is 0 Å². The van der Waals surface area contributed by atoms with Crippen molar-refractivity contribution >= 4 is 0 Å². The van der Waals surface area contributed by atoms with Gasteiger partial charge in [-0.05, 0) is 31.2 Å². The monoisotopic (exact) mass is 242 g/mol. The summed E-state index contributed by atoms with van der Waals surface area (Å²) in [6.07, 6.45) is 4.10. The summed E-state index contributed by atoms with van der Waals surface area (Å²) < 4.78 is 5.43. The van der Waals surface area contributed by atoms with Crippen molar-refractivity contribution < 1.29 is 4.74 Å². The summed E-state index contributed by atoms with van der Waals surface area (Å²) in [7, 11) is 1.83. The molecule has 0 saturated carbocycles. The number of nitrogens with one attached hydrogen (secondary N) is 1. The molecule has 102 valence electrons. The molecular weight excluding hydrogens is 212 g/mol. The Morgan fingerprint density at radius 3 is 2.71 bits per heavy atom. The fourth-order valence-electron chi connectivity index (χ4n) is 2.53. The van der Waals surface area contributed by atoms with Gasteiger partial charge in [0.05, 0.1) is 6.10 Å². The third-order valence-corrected chi connectivity index (χ3v) is 4.00. The number of hydrogen-bond acceptors (Lipinski definition) is 3. The summed E-state index contributed by atoms with van der Waals surface area (Å²) in [5, 5.41) is 3.57. The highest BCUT2D eigenvalue weighted by Crippen LogP contribution is 2.24. The molecule has 17 heavy (non-hydrogen) atoms. The molecule has 1 rings (SSSR count). The number of nitrogens with zero attached hydrogens (tertiary/aromatic N) is 1. The van der Waals surface area contributed by atoms with Crippen LogP contribution < -0.4 is 5.32 Å². The summed E-state index contributed by atoms with van der Waals surface area (Å²) in [6.45, 7) is 12.7. The van der Waals surface area contributed by atoms with Crippen molar-refractivity contribution in [3.05, 3.63) is 0 Å². The van der Waals surface area contributed by atoms with Gasteiger partial charge in [-0.3, -0.25) is 0 Å². The summed E-state index contributed by atoms with van der Waals surface area (Å²) in [5.41, 5.74) is 0.401. The summed E-state index contributed by atoms with van der Waals surface area (Å²) in [6, 6.07) is 0. The lowest BCUT2D eigenvalue weighted by Crippen LogP contribution is -2.41. The van der Waals surface area contributed by atoms with Crippen molar-refractivity contribution in [1.82, 2.24) is 10.2 Å². The molecule has 0 aromatic rings. The smallest absolute Gasteiger partial charge is 0.0710 e. The predicted octanol–water partition coefficient (Wildman–Crippen LogP) is 2.12. The summed E-state index contributed by atoms with van der Waals surface area (Å²) >= 11 is 0. The molecule has 1 aliphatic rings. The Labute approximate surface area is 107 Å². The van der Waals surface area contributed by atoms with Crippen LogP contribution in [0, 0.1) is 5.41 Å². The molecule has 2 unspecified atom stereocenters. The van der Waals surface area contributed by atoms with Gasteiger partial charge in [0.1, 0.15) is 0 Å². The first-order valence-electron chi connectivity index (χ1n) is 7.09. The lowest BCUT2D eigenvalue weighted by molar-refractivity contribution is 0.0982. The molecule has 0 aliphatic carbocycles. The second-order valence-electron chi connectivity index (χ2n) is 5.72. The quantitative estimate of drug-likeness (QED) is 0.660. The van der Waals surface area contributed by atoms with Crippen LogP contribution >= 0.6 is 0 Å². The number of hydrogen-bond donors (Lipinski definition) is 1. The van der Waals surface area contributed by atoms with Crippen molar-refractivity contribution in [2.75, 3.05) is 39.8 Å². The number of ether oxygens (including phenoxy) is 1. The lowest BCUT2D eigenvalue weighted by atomic mass is 9.87. The minimum atomic E-state index is 0.401. The molecule has 0 spiro atoms. The molecule has 0 amide bonds. The SMILES string of the molecule is CCCNCC(C)(CC)CN1CCC(OC)C1. The zero-order valence-electron chi connectivity index (χ0n) is 12.1. The van der Waals surface area contributed by atoms with Gasteiger partial charge in [-0.15, -0.1) is 0 Å². The molecule has 0 aromatic carbocycles. The molecule has 1 N–H and O–H groups in total. The lowest BCUT2D eigenvalue weighted by Gasteiger charge is -2.33. The molecule has 3 heteroatoms. The van der Waals surface area contributed by atoms with Crippen molar-refractivity contribution in [3.63, 3.8) is 0 Å². The largest absolute Gasteiger partial charge is 0.380 e. The molecule has 0 aromatic heterocycles. The van der Waals surface area contributed by atoms with E-state index in [2.05, 4.69) is 31.0 Å². The highest BCUT2D eigenvalue weighted by molar-refractivity contribution is 4.84. The van der Waals surface area contributed by atoms with Crippen LogP contribution in [0.5, 0.6) is 0 Å². The Hall–Kier alpha value is -0.120. The molecule has 1 fully saturated rings. The normalized spacial score (nSPS) is 25.1. The van der Waals surface area contributed by atoms with Gasteiger partial charge in [0.2, 0.25) is 0 Å². The van der Waals surface area contributed by atoms with Gasteiger partial charge in [-0.2, -0.15) is 0 Å². The van der Waals surface area contributed by atoms with E-state index in [0.717, 1.165) is 19.6 Å². The standard InChI is InChI=1S/C14H30N2O/c1-5-8-15-11-14(3,6-2)12-16-9-7-13(10-16)17-4/h13,15H,5-12H2,1-4H3. The van der Waals surface area contributed by atoms with E-state index in [0.29, 0.717) is 11.5 Å². The first-order valence-corrected chi connectivity index (χ1v) is 7.09. The van der Waals surface area contributed by atoms with E-state index in [9.17, 15) is 0 Å². The third kappa shape index (κ3) is 4.94. The van der Waals surface area contributed by atoms with E-state index >= 15 is 0 Å². The molecule has 1 heterocycles. The number of rotatable bonds is 8. The minimum absolute atomic E-state index is 0.401. The van der Waals surface area contributed by atoms with Gasteiger partial charge < -0.3 is 15.0 Å². The van der Waals surface area contributed by atoms with Crippen molar-refractivity contribution in [2.24, 2.45) is 5.41 Å². The van der Waals surface area contributed by atoms with Crippen LogP contribution in [0.4, 0.5) is 0 Å². The van der Waals surface area contributed by atoms with E-state index in [1.165, 1.54) is 32.4 Å². The van der Waals surface area contributed by atoms with Crippen LogP contribution in [0.15, 0.2) is 0 Å². The molecule has 2 atom stereocenters. The number of likely N-dealkylation sites (tertiary alicyclic amines) is 1. The molecular formula is C14H30N2O. The fourth-order valence-corrected chi connectivity index (χ4v) is 2.53. The maximum absolute atomic E-state index is 5.43. The average Bonchev–Trinajstić information content (AvgIpc) is 2.77. The van der Waals surface area contributed by atoms with Crippen molar-refractivity contribution in [3.8, 4) is 0 Å². The topological polar surface area (TPSA) is 24.5 Å². The zero-order valence-corrected chi connectivity index (χ0v) is 12.1. The van der Waals surface area contributed by atoms with E-state index in [-0.39, 0.29) is 0 Å². The maximum Gasteiger partial charge on any atom is 0.0710 e. The Kier molecular flexibility index (Phi) is 6.45. The van der Waals surface area contributed by atoms with Gasteiger partial charge in [0.15, 0.2) is 0 Å². The first-order chi connectivity index (χ1) is 8.13. The second-order valence-corrected chi connectivity index (χ2v) is 5.72. The Balaban J connectivity index is 2.34. The van der Waals surface area contributed by atoms with Gasteiger partial charge >= 0.3 is 0 Å². The van der Waals surface area contributed by atoms with Crippen molar-refractivity contribution in [2.45, 2.75) is 46.1 Å². The Morgan fingerprint density at radius 2 is 2.18 bits per heavy atom.